The zero-order valence-electron chi connectivity index (χ0n) is 9.47. The van der Waals surface area contributed by atoms with E-state index < -0.39 is 12.1 Å². The Morgan fingerprint density at radius 1 is 1.61 bits per heavy atom. The van der Waals surface area contributed by atoms with E-state index in [1.807, 2.05) is 17.0 Å². The maximum Gasteiger partial charge on any atom is 0.334 e. The summed E-state index contributed by atoms with van der Waals surface area (Å²) in [5, 5.41) is 18.1. The summed E-state index contributed by atoms with van der Waals surface area (Å²) in [6, 6.07) is 7.56. The number of carbonyl (C=O) groups is 1. The van der Waals surface area contributed by atoms with Crippen molar-refractivity contribution in [1.29, 1.82) is 5.26 Å². The lowest BCUT2D eigenvalue weighted by atomic mass is 10.1. The van der Waals surface area contributed by atoms with Crippen LogP contribution in [0.5, 0.6) is 0 Å². The Morgan fingerprint density at radius 3 is 3.06 bits per heavy atom. The minimum absolute atomic E-state index is 0.250. The molecule has 1 aromatic rings. The van der Waals surface area contributed by atoms with Crippen molar-refractivity contribution in [2.75, 3.05) is 24.6 Å². The Morgan fingerprint density at radius 2 is 2.39 bits per heavy atom. The smallest absolute Gasteiger partial charge is 0.334 e. The first-order valence-electron chi connectivity index (χ1n) is 5.41. The number of hydrogen-bond donors (Lipinski definition) is 1. The van der Waals surface area contributed by atoms with Crippen LogP contribution in [0.25, 0.3) is 0 Å². The van der Waals surface area contributed by atoms with Gasteiger partial charge in [-0.15, -0.1) is 0 Å². The molecule has 18 heavy (non-hydrogen) atoms. The van der Waals surface area contributed by atoms with E-state index >= 15 is 0 Å². The number of benzene rings is 1. The average molecular weight is 311 g/mol. The van der Waals surface area contributed by atoms with Crippen molar-refractivity contribution >= 4 is 27.6 Å². The number of nitriles is 1. The number of ether oxygens (including phenoxy) is 1. The van der Waals surface area contributed by atoms with Gasteiger partial charge in [-0.25, -0.2) is 4.79 Å². The van der Waals surface area contributed by atoms with Gasteiger partial charge < -0.3 is 14.7 Å². The van der Waals surface area contributed by atoms with Crippen LogP contribution >= 0.6 is 15.9 Å². The second kappa shape index (κ2) is 5.38. The van der Waals surface area contributed by atoms with Crippen molar-refractivity contribution in [1.82, 2.24) is 0 Å². The van der Waals surface area contributed by atoms with Gasteiger partial charge in [0.1, 0.15) is 6.07 Å². The van der Waals surface area contributed by atoms with Gasteiger partial charge in [0.15, 0.2) is 6.10 Å². The molecular formula is C12H11BrN2O3. The molecule has 0 spiro atoms. The van der Waals surface area contributed by atoms with Gasteiger partial charge in [0.05, 0.1) is 24.4 Å². The van der Waals surface area contributed by atoms with Crippen LogP contribution in [0.2, 0.25) is 0 Å². The van der Waals surface area contributed by atoms with Crippen LogP contribution in [0, 0.1) is 11.3 Å². The first kappa shape index (κ1) is 12.9. The number of aliphatic carboxylic acids is 1. The summed E-state index contributed by atoms with van der Waals surface area (Å²) >= 11 is 3.32. The van der Waals surface area contributed by atoms with Gasteiger partial charge in [-0.3, -0.25) is 0 Å². The molecule has 1 N–H and O–H groups in total. The van der Waals surface area contributed by atoms with Crippen molar-refractivity contribution in [3.05, 3.63) is 28.2 Å². The van der Waals surface area contributed by atoms with Gasteiger partial charge in [0.2, 0.25) is 0 Å². The van der Waals surface area contributed by atoms with Crippen molar-refractivity contribution in [3.8, 4) is 6.07 Å². The van der Waals surface area contributed by atoms with Gasteiger partial charge in [-0.05, 0) is 28.1 Å². The summed E-state index contributed by atoms with van der Waals surface area (Å²) < 4.78 is 5.87. The van der Waals surface area contributed by atoms with E-state index in [1.165, 1.54) is 0 Å². The highest BCUT2D eigenvalue weighted by Gasteiger charge is 2.27. The van der Waals surface area contributed by atoms with Crippen LogP contribution in [0.15, 0.2) is 22.7 Å². The van der Waals surface area contributed by atoms with E-state index in [4.69, 9.17) is 15.1 Å². The number of hydrogen-bond acceptors (Lipinski definition) is 4. The van der Waals surface area contributed by atoms with Crippen molar-refractivity contribution in [3.63, 3.8) is 0 Å². The van der Waals surface area contributed by atoms with Gasteiger partial charge in [-0.1, -0.05) is 6.07 Å². The van der Waals surface area contributed by atoms with Crippen LogP contribution in [0.3, 0.4) is 0 Å². The normalized spacial score (nSPS) is 19.3. The minimum atomic E-state index is -0.979. The highest BCUT2D eigenvalue weighted by Crippen LogP contribution is 2.28. The molecule has 1 aliphatic heterocycles. The number of carboxylic acid groups (broad SMARTS) is 1. The third-order valence-electron chi connectivity index (χ3n) is 2.79. The van der Waals surface area contributed by atoms with Crippen LogP contribution < -0.4 is 4.90 Å². The largest absolute Gasteiger partial charge is 0.479 e. The molecule has 94 valence electrons. The monoisotopic (exact) mass is 310 g/mol. The first-order chi connectivity index (χ1) is 8.63. The molecule has 1 saturated heterocycles. The molecule has 5 nitrogen and oxygen atoms in total. The summed E-state index contributed by atoms with van der Waals surface area (Å²) in [6.07, 6.45) is -0.843. The first-order valence-corrected chi connectivity index (χ1v) is 6.20. The second-order valence-electron chi connectivity index (χ2n) is 3.89. The highest BCUT2D eigenvalue weighted by molar-refractivity contribution is 9.10. The Kier molecular flexibility index (Phi) is 3.84. The lowest BCUT2D eigenvalue weighted by Gasteiger charge is -2.33. The maximum absolute atomic E-state index is 10.9. The molecule has 6 heteroatoms. The van der Waals surface area contributed by atoms with Crippen LogP contribution in [-0.4, -0.2) is 36.9 Å². The van der Waals surface area contributed by atoms with E-state index in [0.29, 0.717) is 23.2 Å². The molecule has 1 heterocycles. The van der Waals surface area contributed by atoms with E-state index in [0.717, 1.165) is 5.69 Å². The van der Waals surface area contributed by atoms with Crippen molar-refractivity contribution < 1.29 is 14.6 Å². The summed E-state index contributed by atoms with van der Waals surface area (Å²) in [7, 11) is 0. The third-order valence-corrected chi connectivity index (χ3v) is 3.45. The number of anilines is 1. The molecule has 1 fully saturated rings. The zero-order valence-corrected chi connectivity index (χ0v) is 11.1. The number of halogens is 1. The lowest BCUT2D eigenvalue weighted by Crippen LogP contribution is -2.46. The number of morpholine rings is 1. The van der Waals surface area contributed by atoms with Gasteiger partial charge in [-0.2, -0.15) is 5.26 Å². The van der Waals surface area contributed by atoms with Crippen LogP contribution in [0.1, 0.15) is 5.56 Å². The Balaban J connectivity index is 2.29. The molecular weight excluding hydrogens is 300 g/mol. The molecule has 0 aliphatic carbocycles. The summed E-state index contributed by atoms with van der Waals surface area (Å²) in [5.74, 6) is -0.979. The molecule has 1 unspecified atom stereocenters. The van der Waals surface area contributed by atoms with Gasteiger partial charge in [0.25, 0.3) is 0 Å². The molecule has 0 aromatic heterocycles. The third kappa shape index (κ3) is 2.47. The summed E-state index contributed by atoms with van der Waals surface area (Å²) in [4.78, 5) is 12.8. The number of rotatable bonds is 2. The van der Waals surface area contributed by atoms with E-state index in [-0.39, 0.29) is 6.54 Å². The quantitative estimate of drug-likeness (QED) is 0.898. The van der Waals surface area contributed by atoms with Crippen molar-refractivity contribution in [2.24, 2.45) is 0 Å². The number of nitrogens with zero attached hydrogens (tertiary/aromatic N) is 2. The van der Waals surface area contributed by atoms with Crippen LogP contribution in [-0.2, 0) is 9.53 Å². The minimum Gasteiger partial charge on any atom is -0.479 e. The molecule has 0 radical (unpaired) electrons. The summed E-state index contributed by atoms with van der Waals surface area (Å²) in [6.45, 7) is 1.17. The predicted molar refractivity (Wildman–Crippen MR) is 68.4 cm³/mol. The second-order valence-corrected chi connectivity index (χ2v) is 4.74. The van der Waals surface area contributed by atoms with Gasteiger partial charge >= 0.3 is 5.97 Å². The molecule has 1 aliphatic rings. The van der Waals surface area contributed by atoms with E-state index in [1.54, 1.807) is 6.07 Å². The van der Waals surface area contributed by atoms with Gasteiger partial charge in [0, 0.05) is 11.0 Å². The molecule has 1 aromatic carbocycles. The molecule has 0 bridgehead atoms. The number of carboxylic acids is 1. The van der Waals surface area contributed by atoms with Crippen molar-refractivity contribution in [2.45, 2.75) is 6.10 Å². The highest BCUT2D eigenvalue weighted by atomic mass is 79.9. The fraction of sp³-hybridized carbons (Fsp3) is 0.333. The lowest BCUT2D eigenvalue weighted by molar-refractivity contribution is -0.150. The maximum atomic E-state index is 10.9. The molecule has 0 saturated carbocycles. The van der Waals surface area contributed by atoms with E-state index in [9.17, 15) is 4.79 Å². The van der Waals surface area contributed by atoms with E-state index in [2.05, 4.69) is 22.0 Å². The Labute approximate surface area is 113 Å². The fourth-order valence-corrected chi connectivity index (χ4v) is 2.35. The summed E-state index contributed by atoms with van der Waals surface area (Å²) in [5.41, 5.74) is 1.25. The molecule has 0 amide bonds. The predicted octanol–water partition coefficient (Wildman–Crippen LogP) is 1.61. The zero-order chi connectivity index (χ0) is 13.1. The Bertz CT molecular complexity index is 513. The van der Waals surface area contributed by atoms with Crippen LogP contribution in [0.4, 0.5) is 5.69 Å². The standard InChI is InChI=1S/C12H11BrN2O3/c13-9-2-1-3-10(8(9)6-14)15-4-5-18-11(7-15)12(16)17/h1-3,11H,4-5,7H2,(H,16,17). The topological polar surface area (TPSA) is 73.6 Å². The fourth-order valence-electron chi connectivity index (χ4n) is 1.90. The average Bonchev–Trinajstić information content (AvgIpc) is 2.38. The Hall–Kier alpha value is -1.58. The molecule has 1 atom stereocenters. The molecule has 2 rings (SSSR count). The SMILES string of the molecule is N#Cc1c(Br)cccc1N1CCOC(C(=O)O)C1.